The van der Waals surface area contributed by atoms with Crippen LogP contribution in [0.2, 0.25) is 5.02 Å². The molecule has 1 heterocycles. The van der Waals surface area contributed by atoms with Crippen molar-refractivity contribution in [3.05, 3.63) is 100 Å². The molecule has 4 aromatic rings. The van der Waals surface area contributed by atoms with Gasteiger partial charge in [0.1, 0.15) is 17.4 Å². The van der Waals surface area contributed by atoms with Gasteiger partial charge in [-0.15, -0.1) is 0 Å². The molecule has 1 aromatic heterocycles. The van der Waals surface area contributed by atoms with Gasteiger partial charge in [-0.05, 0) is 59.7 Å². The fourth-order valence-electron chi connectivity index (χ4n) is 4.15. The molecule has 0 unspecified atom stereocenters. The molecule has 0 aliphatic heterocycles. The quantitative estimate of drug-likeness (QED) is 0.154. The van der Waals surface area contributed by atoms with Gasteiger partial charge in [-0.3, -0.25) is 4.57 Å². The topological polar surface area (TPSA) is 96.3 Å². The molecule has 13 heteroatoms. The van der Waals surface area contributed by atoms with Crippen molar-refractivity contribution in [3.63, 3.8) is 0 Å². The molecule has 3 aromatic carbocycles. The van der Waals surface area contributed by atoms with Crippen molar-refractivity contribution in [2.75, 3.05) is 24.7 Å². The Morgan fingerprint density at radius 1 is 1.10 bits per heavy atom. The summed E-state index contributed by atoms with van der Waals surface area (Å²) in [5.74, 6) is -0.674. The third kappa shape index (κ3) is 8.25. The second kappa shape index (κ2) is 13.9. The molecule has 0 saturated carbocycles. The van der Waals surface area contributed by atoms with Gasteiger partial charge < -0.3 is 14.6 Å². The molecule has 0 amide bonds. The van der Waals surface area contributed by atoms with E-state index in [1.54, 1.807) is 43.6 Å². The number of rotatable bonds is 11. The number of ether oxygens (including phenoxy) is 1. The largest absolute Gasteiger partial charge is 1.00 e. The molecule has 1 N–H and O–H groups in total. The molecule has 212 valence electrons. The maximum atomic E-state index is 14.9. The molecule has 0 aliphatic rings. The van der Waals surface area contributed by atoms with Crippen molar-refractivity contribution in [1.82, 2.24) is 9.55 Å². The van der Waals surface area contributed by atoms with Gasteiger partial charge in [-0.25, -0.2) is 22.2 Å². The Morgan fingerprint density at radius 3 is 2.44 bits per heavy atom. The van der Waals surface area contributed by atoms with E-state index in [1.807, 2.05) is 30.5 Å². The summed E-state index contributed by atoms with van der Waals surface area (Å²) in [6, 6.07) is 16.1. The molecule has 0 atom stereocenters. The number of thioether (sulfide) groups is 1. The van der Waals surface area contributed by atoms with E-state index < -0.39 is 27.1 Å². The van der Waals surface area contributed by atoms with Gasteiger partial charge in [-0.2, -0.15) is 0 Å². The van der Waals surface area contributed by atoms with E-state index in [2.05, 4.69) is 10.3 Å². The molecule has 0 aliphatic carbocycles. The Labute approximate surface area is 269 Å². The third-order valence-electron chi connectivity index (χ3n) is 6.42. The van der Waals surface area contributed by atoms with E-state index in [9.17, 15) is 21.8 Å². The average molecular weight is 630 g/mol. The van der Waals surface area contributed by atoms with Crippen LogP contribution in [0.25, 0.3) is 5.69 Å². The van der Waals surface area contributed by atoms with E-state index in [4.69, 9.17) is 16.3 Å². The Bertz CT molecular complexity index is 1620. The fourth-order valence-corrected chi connectivity index (χ4v) is 5.68. The average Bonchev–Trinajstić information content (AvgIpc) is 3.33. The molecule has 7 nitrogen and oxygen atoms in total. The number of halogens is 3. The number of nitrogens with zero attached hydrogens (tertiary/aromatic N) is 2. The summed E-state index contributed by atoms with van der Waals surface area (Å²) >= 11 is 7.56. The first kappa shape index (κ1) is 33.4. The summed E-state index contributed by atoms with van der Waals surface area (Å²) in [6.45, 7) is 3.95. The minimum Gasteiger partial charge on any atom is -0.748 e. The zero-order valence-electron chi connectivity index (χ0n) is 22.9. The van der Waals surface area contributed by atoms with Crippen LogP contribution in [-0.2, 0) is 21.3 Å². The number of benzene rings is 3. The van der Waals surface area contributed by atoms with Crippen LogP contribution in [0.3, 0.4) is 0 Å². The van der Waals surface area contributed by atoms with Crippen LogP contribution in [0, 0.1) is 11.6 Å². The molecule has 4 rings (SSSR count). The molecule has 0 radical (unpaired) electrons. The van der Waals surface area contributed by atoms with E-state index in [1.165, 1.54) is 30.0 Å². The zero-order chi connectivity index (χ0) is 29.1. The standard InChI is InChI=1S/C28H28ClF2N3O4S2.Na/c1-28(2,19-5-11-23(29)25(14-19)38-3)26-16-33-27(34(26)22-9-6-20(30)7-10-22)39-17-18-4-8-21(15-24(18)31)32-12-13-40(35,36)37;/h4-11,14-16,32H,12-13,17H2,1-3H3,(H,35,36,37);/q;+1/p-1. The number of hydrogen-bond acceptors (Lipinski definition) is 7. The number of anilines is 1. The summed E-state index contributed by atoms with van der Waals surface area (Å²) in [5.41, 5.74) is 2.63. The van der Waals surface area contributed by atoms with E-state index >= 15 is 0 Å². The monoisotopic (exact) mass is 629 g/mol. The first-order valence-electron chi connectivity index (χ1n) is 12.2. The Kier molecular flexibility index (Phi) is 11.3. The van der Waals surface area contributed by atoms with Gasteiger partial charge in [0.05, 0.1) is 39.9 Å². The van der Waals surface area contributed by atoms with Crippen molar-refractivity contribution in [3.8, 4) is 11.4 Å². The number of hydrogen-bond donors (Lipinski definition) is 1. The number of methoxy groups -OCH3 is 1. The van der Waals surface area contributed by atoms with Crippen LogP contribution < -0.4 is 39.6 Å². The van der Waals surface area contributed by atoms with Crippen LogP contribution in [-0.4, -0.2) is 41.9 Å². The molecular formula is C28H27ClF2N3NaO4S2. The number of imidazole rings is 1. The maximum Gasteiger partial charge on any atom is 1.00 e. The van der Waals surface area contributed by atoms with Crippen molar-refractivity contribution >= 4 is 39.2 Å². The first-order valence-corrected chi connectivity index (χ1v) is 15.1. The Morgan fingerprint density at radius 2 is 1.80 bits per heavy atom. The van der Waals surface area contributed by atoms with Crippen LogP contribution in [0.4, 0.5) is 14.5 Å². The van der Waals surface area contributed by atoms with Crippen LogP contribution in [0.5, 0.6) is 5.75 Å². The summed E-state index contributed by atoms with van der Waals surface area (Å²) in [7, 11) is -2.82. The molecule has 0 saturated heterocycles. The van der Waals surface area contributed by atoms with E-state index in [0.717, 1.165) is 11.3 Å². The SMILES string of the molecule is COc1cc(C(C)(C)c2cnc(SCc3ccc(NCCS(=O)(=O)[O-])cc3F)n2-c2ccc(F)cc2)ccc1Cl.[Na+]. The minimum absolute atomic E-state index is 0. The number of aromatic nitrogens is 2. The Hall–Kier alpha value is -2.12. The fraction of sp³-hybridized carbons (Fsp3) is 0.250. The van der Waals surface area contributed by atoms with Crippen LogP contribution >= 0.6 is 23.4 Å². The minimum atomic E-state index is -4.37. The van der Waals surface area contributed by atoms with Gasteiger partial charge in [0, 0.05) is 29.1 Å². The summed E-state index contributed by atoms with van der Waals surface area (Å²) in [5, 5.41) is 3.81. The third-order valence-corrected chi connectivity index (χ3v) is 8.44. The first-order chi connectivity index (χ1) is 18.9. The smallest absolute Gasteiger partial charge is 0.748 e. The molecule has 0 bridgehead atoms. The normalized spacial score (nSPS) is 11.7. The molecular weight excluding hydrogens is 603 g/mol. The van der Waals surface area contributed by atoms with E-state index in [-0.39, 0.29) is 47.7 Å². The van der Waals surface area contributed by atoms with E-state index in [0.29, 0.717) is 32.9 Å². The van der Waals surface area contributed by atoms with Crippen molar-refractivity contribution in [2.45, 2.75) is 30.2 Å². The van der Waals surface area contributed by atoms with Crippen molar-refractivity contribution in [2.24, 2.45) is 0 Å². The van der Waals surface area contributed by atoms with Gasteiger partial charge in [0.2, 0.25) is 0 Å². The Balaban J connectivity index is 0.00000462. The summed E-state index contributed by atoms with van der Waals surface area (Å²) < 4.78 is 68.3. The predicted molar refractivity (Wildman–Crippen MR) is 153 cm³/mol. The number of nitrogens with one attached hydrogen (secondary N) is 1. The summed E-state index contributed by atoms with van der Waals surface area (Å²) in [6.07, 6.45) is 1.75. The zero-order valence-corrected chi connectivity index (χ0v) is 27.3. The van der Waals surface area contributed by atoms with Crippen LogP contribution in [0.15, 0.2) is 72.0 Å². The van der Waals surface area contributed by atoms with Gasteiger partial charge >= 0.3 is 29.6 Å². The van der Waals surface area contributed by atoms with Gasteiger partial charge in [0.15, 0.2) is 5.16 Å². The second-order valence-corrected chi connectivity index (χ2v) is 12.4. The molecule has 41 heavy (non-hydrogen) atoms. The van der Waals surface area contributed by atoms with Crippen LogP contribution in [0.1, 0.15) is 30.7 Å². The summed E-state index contributed by atoms with van der Waals surface area (Å²) in [4.78, 5) is 4.65. The predicted octanol–water partition coefficient (Wildman–Crippen LogP) is 3.39. The van der Waals surface area contributed by atoms with Gasteiger partial charge in [-0.1, -0.05) is 49.3 Å². The van der Waals surface area contributed by atoms with Gasteiger partial charge in [0.25, 0.3) is 0 Å². The van der Waals surface area contributed by atoms with Crippen molar-refractivity contribution < 1.29 is 56.0 Å². The van der Waals surface area contributed by atoms with Crippen molar-refractivity contribution in [1.29, 1.82) is 0 Å². The molecule has 0 fully saturated rings. The molecule has 0 spiro atoms. The second-order valence-electron chi connectivity index (χ2n) is 9.50. The maximum absolute atomic E-state index is 14.9.